The third-order valence-electron chi connectivity index (χ3n) is 2.11. The summed E-state index contributed by atoms with van der Waals surface area (Å²) in [6, 6.07) is 0.692. The van der Waals surface area contributed by atoms with Gasteiger partial charge < -0.3 is 5.73 Å². The van der Waals surface area contributed by atoms with Crippen LogP contribution in [0.4, 0.5) is 13.2 Å². The number of carbonyl (C=O) groups is 1. The summed E-state index contributed by atoms with van der Waals surface area (Å²) >= 11 is 0. The number of carbonyl (C=O) groups excluding carboxylic acids is 1. The van der Waals surface area contributed by atoms with Crippen LogP contribution in [0.3, 0.4) is 0 Å². The standard InChI is InChI=1S/C10H11F3N2O/c1-5(2)7-4-15-8(10(11,12)13)3-6(7)9(14)16/h3-5H,1-2H3,(H2,14,16). The Morgan fingerprint density at radius 1 is 1.44 bits per heavy atom. The van der Waals surface area contributed by atoms with E-state index in [0.29, 0.717) is 11.6 Å². The normalized spacial score (nSPS) is 11.9. The molecular weight excluding hydrogens is 221 g/mol. The van der Waals surface area contributed by atoms with Crippen molar-refractivity contribution in [3.8, 4) is 0 Å². The summed E-state index contributed by atoms with van der Waals surface area (Å²) in [6.07, 6.45) is -3.52. The molecule has 0 aromatic carbocycles. The second-order valence-electron chi connectivity index (χ2n) is 3.67. The summed E-state index contributed by atoms with van der Waals surface area (Å²) < 4.78 is 37.0. The van der Waals surface area contributed by atoms with Gasteiger partial charge in [-0.15, -0.1) is 0 Å². The molecule has 2 N–H and O–H groups in total. The topological polar surface area (TPSA) is 56.0 Å². The van der Waals surface area contributed by atoms with Gasteiger partial charge in [0, 0.05) is 11.8 Å². The van der Waals surface area contributed by atoms with Crippen LogP contribution >= 0.6 is 0 Å². The van der Waals surface area contributed by atoms with Crippen LogP contribution in [0, 0.1) is 0 Å². The number of rotatable bonds is 2. The lowest BCUT2D eigenvalue weighted by Gasteiger charge is -2.12. The minimum Gasteiger partial charge on any atom is -0.366 e. The fourth-order valence-corrected chi connectivity index (χ4v) is 1.29. The van der Waals surface area contributed by atoms with E-state index in [9.17, 15) is 18.0 Å². The molecule has 16 heavy (non-hydrogen) atoms. The molecule has 0 saturated carbocycles. The number of amides is 1. The Morgan fingerprint density at radius 3 is 2.38 bits per heavy atom. The fourth-order valence-electron chi connectivity index (χ4n) is 1.29. The van der Waals surface area contributed by atoms with Crippen LogP contribution in [0.25, 0.3) is 0 Å². The van der Waals surface area contributed by atoms with Crippen LogP contribution in [0.5, 0.6) is 0 Å². The van der Waals surface area contributed by atoms with E-state index in [4.69, 9.17) is 5.73 Å². The molecule has 1 amide bonds. The zero-order valence-electron chi connectivity index (χ0n) is 8.80. The maximum absolute atomic E-state index is 12.3. The average molecular weight is 232 g/mol. The summed E-state index contributed by atoms with van der Waals surface area (Å²) in [4.78, 5) is 14.3. The highest BCUT2D eigenvalue weighted by Gasteiger charge is 2.33. The first-order valence-electron chi connectivity index (χ1n) is 4.60. The van der Waals surface area contributed by atoms with Gasteiger partial charge in [0.1, 0.15) is 5.69 Å². The van der Waals surface area contributed by atoms with Gasteiger partial charge in [0.05, 0.1) is 0 Å². The third-order valence-corrected chi connectivity index (χ3v) is 2.11. The van der Waals surface area contributed by atoms with Gasteiger partial charge in [-0.3, -0.25) is 9.78 Å². The van der Waals surface area contributed by atoms with Crippen LogP contribution in [0.15, 0.2) is 12.3 Å². The molecule has 6 heteroatoms. The number of pyridine rings is 1. The maximum Gasteiger partial charge on any atom is 0.433 e. The second kappa shape index (κ2) is 4.11. The highest BCUT2D eigenvalue weighted by molar-refractivity contribution is 5.94. The molecule has 0 bridgehead atoms. The highest BCUT2D eigenvalue weighted by Crippen LogP contribution is 2.30. The first kappa shape index (κ1) is 12.5. The first-order chi connectivity index (χ1) is 7.23. The summed E-state index contributed by atoms with van der Waals surface area (Å²) in [6.45, 7) is 3.49. The Morgan fingerprint density at radius 2 is 2.00 bits per heavy atom. The van der Waals surface area contributed by atoms with E-state index in [1.165, 1.54) is 0 Å². The van der Waals surface area contributed by atoms with Gasteiger partial charge in [-0.05, 0) is 17.5 Å². The largest absolute Gasteiger partial charge is 0.433 e. The molecule has 0 aliphatic carbocycles. The van der Waals surface area contributed by atoms with Gasteiger partial charge in [0.25, 0.3) is 0 Å². The third kappa shape index (κ3) is 2.50. The van der Waals surface area contributed by atoms with Gasteiger partial charge in [-0.1, -0.05) is 13.8 Å². The zero-order valence-corrected chi connectivity index (χ0v) is 8.80. The van der Waals surface area contributed by atoms with Crippen LogP contribution in [0.2, 0.25) is 0 Å². The van der Waals surface area contributed by atoms with Crippen LogP contribution in [-0.2, 0) is 6.18 Å². The zero-order chi connectivity index (χ0) is 12.5. The summed E-state index contributed by atoms with van der Waals surface area (Å²) in [5.74, 6) is -0.992. The number of nitrogens with two attached hydrogens (primary N) is 1. The number of primary amides is 1. The molecule has 1 aromatic heterocycles. The van der Waals surface area contributed by atoms with Crippen LogP contribution < -0.4 is 5.73 Å². The number of hydrogen-bond acceptors (Lipinski definition) is 2. The Hall–Kier alpha value is -1.59. The lowest BCUT2D eigenvalue weighted by molar-refractivity contribution is -0.141. The van der Waals surface area contributed by atoms with E-state index in [0.717, 1.165) is 6.20 Å². The van der Waals surface area contributed by atoms with Crippen molar-refractivity contribution in [1.29, 1.82) is 0 Å². The van der Waals surface area contributed by atoms with E-state index in [1.54, 1.807) is 13.8 Å². The molecule has 1 aromatic rings. The molecule has 0 atom stereocenters. The lowest BCUT2D eigenvalue weighted by Crippen LogP contribution is -2.18. The van der Waals surface area contributed by atoms with E-state index >= 15 is 0 Å². The Labute approximate surface area is 90.5 Å². The predicted octanol–water partition coefficient (Wildman–Crippen LogP) is 2.32. The maximum atomic E-state index is 12.3. The quantitative estimate of drug-likeness (QED) is 0.850. The minimum atomic E-state index is -4.57. The molecule has 0 fully saturated rings. The summed E-state index contributed by atoms with van der Waals surface area (Å²) in [5, 5.41) is 0. The van der Waals surface area contributed by atoms with Gasteiger partial charge in [0.2, 0.25) is 5.91 Å². The summed E-state index contributed by atoms with van der Waals surface area (Å²) in [7, 11) is 0. The predicted molar refractivity (Wildman–Crippen MR) is 51.8 cm³/mol. The van der Waals surface area contributed by atoms with Crippen molar-refractivity contribution in [2.75, 3.05) is 0 Å². The van der Waals surface area contributed by atoms with Crippen LogP contribution in [0.1, 0.15) is 41.4 Å². The lowest BCUT2D eigenvalue weighted by atomic mass is 9.98. The molecule has 0 aliphatic heterocycles. The van der Waals surface area contributed by atoms with E-state index in [2.05, 4.69) is 4.98 Å². The fraction of sp³-hybridized carbons (Fsp3) is 0.400. The molecule has 0 spiro atoms. The number of alkyl halides is 3. The van der Waals surface area contributed by atoms with Gasteiger partial charge in [0.15, 0.2) is 0 Å². The smallest absolute Gasteiger partial charge is 0.366 e. The first-order valence-corrected chi connectivity index (χ1v) is 4.60. The van der Waals surface area contributed by atoms with Crippen LogP contribution in [-0.4, -0.2) is 10.9 Å². The Balaban J connectivity index is 3.34. The van der Waals surface area contributed by atoms with Crippen molar-refractivity contribution in [1.82, 2.24) is 4.98 Å². The minimum absolute atomic E-state index is 0.114. The van der Waals surface area contributed by atoms with Gasteiger partial charge in [-0.25, -0.2) is 0 Å². The SMILES string of the molecule is CC(C)c1cnc(C(F)(F)F)cc1C(N)=O. The molecule has 0 aliphatic rings. The molecule has 0 saturated heterocycles. The number of halogens is 3. The summed E-state index contributed by atoms with van der Waals surface area (Å²) in [5.41, 5.74) is 4.21. The highest BCUT2D eigenvalue weighted by atomic mass is 19.4. The van der Waals surface area contributed by atoms with E-state index in [1.807, 2.05) is 0 Å². The van der Waals surface area contributed by atoms with Crippen molar-refractivity contribution < 1.29 is 18.0 Å². The molecule has 1 rings (SSSR count). The molecule has 0 radical (unpaired) electrons. The monoisotopic (exact) mass is 232 g/mol. The number of hydrogen-bond donors (Lipinski definition) is 1. The number of nitrogens with zero attached hydrogens (tertiary/aromatic N) is 1. The Bertz CT molecular complexity index is 413. The number of aromatic nitrogens is 1. The average Bonchev–Trinajstić information content (AvgIpc) is 2.15. The van der Waals surface area contributed by atoms with Crippen molar-refractivity contribution in [3.63, 3.8) is 0 Å². The van der Waals surface area contributed by atoms with Crippen molar-refractivity contribution in [2.45, 2.75) is 25.9 Å². The van der Waals surface area contributed by atoms with Crippen molar-refractivity contribution in [2.24, 2.45) is 5.73 Å². The molecule has 88 valence electrons. The van der Waals surface area contributed by atoms with Crippen molar-refractivity contribution >= 4 is 5.91 Å². The molecule has 1 heterocycles. The molecule has 3 nitrogen and oxygen atoms in total. The van der Waals surface area contributed by atoms with Gasteiger partial charge >= 0.3 is 6.18 Å². The van der Waals surface area contributed by atoms with E-state index < -0.39 is 17.8 Å². The molecule has 0 unspecified atom stereocenters. The second-order valence-corrected chi connectivity index (χ2v) is 3.67. The van der Waals surface area contributed by atoms with Gasteiger partial charge in [-0.2, -0.15) is 13.2 Å². The Kier molecular flexibility index (Phi) is 3.21. The molecular formula is C10H11F3N2O. The van der Waals surface area contributed by atoms with E-state index in [-0.39, 0.29) is 11.5 Å². The van der Waals surface area contributed by atoms with Crippen molar-refractivity contribution in [3.05, 3.63) is 29.1 Å².